The fraction of sp³-hybridized carbons (Fsp3) is 0.647. The van der Waals surface area contributed by atoms with E-state index in [2.05, 4.69) is 39.9 Å². The Morgan fingerprint density at radius 3 is 1.95 bits per heavy atom. The topological polar surface area (TPSA) is 21.3 Å². The molecule has 1 aromatic rings. The number of rotatable bonds is 6. The van der Waals surface area contributed by atoms with Gasteiger partial charge < -0.3 is 10.1 Å². The lowest BCUT2D eigenvalue weighted by atomic mass is 9.82. The zero-order valence-corrected chi connectivity index (χ0v) is 16.7. The molecule has 0 aliphatic heterocycles. The van der Waals surface area contributed by atoms with Crippen molar-refractivity contribution in [1.29, 1.82) is 0 Å². The van der Waals surface area contributed by atoms with E-state index in [1.54, 1.807) is 0 Å². The zero-order chi connectivity index (χ0) is 16.3. The molecule has 0 unspecified atom stereocenters. The highest BCUT2D eigenvalue weighted by molar-refractivity contribution is 6.37. The van der Waals surface area contributed by atoms with Crippen molar-refractivity contribution in [1.82, 2.24) is 5.32 Å². The van der Waals surface area contributed by atoms with Gasteiger partial charge in [-0.25, -0.2) is 0 Å². The lowest BCUT2D eigenvalue weighted by Gasteiger charge is -2.33. The summed E-state index contributed by atoms with van der Waals surface area (Å²) in [6.07, 6.45) is 1.08. The highest BCUT2D eigenvalue weighted by Crippen LogP contribution is 2.34. The molecule has 1 aromatic carbocycles. The Bertz CT molecular complexity index is 458. The second-order valence-electron chi connectivity index (χ2n) is 7.30. The number of halogens is 3. The predicted molar refractivity (Wildman–Crippen MR) is 99.9 cm³/mol. The molecule has 1 rings (SSSR count). The molecule has 0 atom stereocenters. The summed E-state index contributed by atoms with van der Waals surface area (Å²) in [5.74, 6) is 0.568. The molecule has 22 heavy (non-hydrogen) atoms. The Morgan fingerprint density at radius 1 is 1.05 bits per heavy atom. The minimum atomic E-state index is 0. The lowest BCUT2D eigenvalue weighted by molar-refractivity contribution is 0.240. The minimum Gasteiger partial charge on any atom is -0.491 e. The molecule has 0 amide bonds. The van der Waals surface area contributed by atoms with Crippen molar-refractivity contribution in [2.24, 2.45) is 5.41 Å². The van der Waals surface area contributed by atoms with Crippen molar-refractivity contribution < 1.29 is 4.74 Å². The Hall–Kier alpha value is -0.150. The van der Waals surface area contributed by atoms with Crippen LogP contribution >= 0.6 is 35.6 Å². The van der Waals surface area contributed by atoms with Gasteiger partial charge in [-0.05, 0) is 50.3 Å². The molecular formula is C17H28Cl3NO. The first-order chi connectivity index (χ1) is 9.54. The third-order valence-corrected chi connectivity index (χ3v) is 3.65. The van der Waals surface area contributed by atoms with E-state index in [0.717, 1.165) is 18.5 Å². The molecular weight excluding hydrogens is 341 g/mol. The van der Waals surface area contributed by atoms with Crippen LogP contribution in [0.25, 0.3) is 0 Å². The molecule has 1 N–H and O–H groups in total. The smallest absolute Gasteiger partial charge is 0.156 e. The maximum Gasteiger partial charge on any atom is 0.156 e. The molecule has 0 aliphatic rings. The van der Waals surface area contributed by atoms with Gasteiger partial charge in [0, 0.05) is 12.1 Å². The molecule has 2 nitrogen and oxygen atoms in total. The van der Waals surface area contributed by atoms with Gasteiger partial charge in [-0.2, -0.15) is 0 Å². The van der Waals surface area contributed by atoms with Crippen LogP contribution in [-0.2, 0) is 6.54 Å². The second kappa shape index (κ2) is 8.63. The Labute approximate surface area is 151 Å². The Morgan fingerprint density at radius 2 is 1.55 bits per heavy atom. The summed E-state index contributed by atoms with van der Waals surface area (Å²) in [5, 5.41) is 4.71. The molecule has 128 valence electrons. The van der Waals surface area contributed by atoms with Crippen molar-refractivity contribution in [2.45, 2.75) is 60.0 Å². The molecule has 0 aromatic heterocycles. The summed E-state index contributed by atoms with van der Waals surface area (Å²) < 4.78 is 5.45. The standard InChI is InChI=1S/C17H27Cl2NO.ClH/c1-7-21-15-13(18)8-12(9-14(15)19)10-20-17(5,6)11-16(2,3)4;/h8-9,20H,7,10-11H2,1-6H3;1H. The van der Waals surface area contributed by atoms with E-state index >= 15 is 0 Å². The first kappa shape index (κ1) is 21.9. The van der Waals surface area contributed by atoms with Crippen LogP contribution in [0.1, 0.15) is 53.5 Å². The van der Waals surface area contributed by atoms with Crippen molar-refractivity contribution in [3.63, 3.8) is 0 Å². The van der Waals surface area contributed by atoms with Crippen LogP contribution in [0.4, 0.5) is 0 Å². The van der Waals surface area contributed by atoms with Crippen molar-refractivity contribution >= 4 is 35.6 Å². The van der Waals surface area contributed by atoms with Gasteiger partial charge in [0.25, 0.3) is 0 Å². The molecule has 5 heteroatoms. The van der Waals surface area contributed by atoms with Crippen LogP contribution in [0.5, 0.6) is 5.75 Å². The van der Waals surface area contributed by atoms with E-state index in [-0.39, 0.29) is 23.4 Å². The summed E-state index contributed by atoms with van der Waals surface area (Å²) >= 11 is 12.5. The largest absolute Gasteiger partial charge is 0.491 e. The van der Waals surface area contributed by atoms with Crippen molar-refractivity contribution in [3.05, 3.63) is 27.7 Å². The summed E-state index contributed by atoms with van der Waals surface area (Å²) in [7, 11) is 0. The van der Waals surface area contributed by atoms with Gasteiger partial charge in [-0.3, -0.25) is 0 Å². The van der Waals surface area contributed by atoms with Crippen LogP contribution in [0.15, 0.2) is 12.1 Å². The Kier molecular flexibility index (Phi) is 8.57. The van der Waals surface area contributed by atoms with E-state index in [1.165, 1.54) is 0 Å². The SMILES string of the molecule is CCOc1c(Cl)cc(CNC(C)(C)CC(C)(C)C)cc1Cl.Cl. The lowest BCUT2D eigenvalue weighted by Crippen LogP contribution is -2.41. The number of nitrogens with one attached hydrogen (secondary N) is 1. The first-order valence-corrected chi connectivity index (χ1v) is 8.15. The molecule has 0 heterocycles. The van der Waals surface area contributed by atoms with E-state index in [9.17, 15) is 0 Å². The molecule has 0 spiro atoms. The van der Waals surface area contributed by atoms with Gasteiger partial charge in [-0.15, -0.1) is 12.4 Å². The van der Waals surface area contributed by atoms with Gasteiger partial charge in [0.1, 0.15) is 0 Å². The fourth-order valence-electron chi connectivity index (χ4n) is 2.73. The summed E-state index contributed by atoms with van der Waals surface area (Å²) in [5.41, 5.74) is 1.40. The van der Waals surface area contributed by atoms with Gasteiger partial charge in [0.15, 0.2) is 5.75 Å². The van der Waals surface area contributed by atoms with Gasteiger partial charge in [0.05, 0.1) is 16.7 Å². The van der Waals surface area contributed by atoms with Gasteiger partial charge >= 0.3 is 0 Å². The van der Waals surface area contributed by atoms with E-state index in [0.29, 0.717) is 22.4 Å². The second-order valence-corrected chi connectivity index (χ2v) is 8.11. The zero-order valence-electron chi connectivity index (χ0n) is 14.3. The van der Waals surface area contributed by atoms with Crippen LogP contribution < -0.4 is 10.1 Å². The molecule has 0 radical (unpaired) electrons. The summed E-state index contributed by atoms with van der Waals surface area (Å²) in [6, 6.07) is 3.83. The normalized spacial score (nSPS) is 12.0. The number of ether oxygens (including phenoxy) is 1. The summed E-state index contributed by atoms with van der Waals surface area (Å²) in [4.78, 5) is 0. The third-order valence-electron chi connectivity index (χ3n) is 3.09. The first-order valence-electron chi connectivity index (χ1n) is 7.40. The highest BCUT2D eigenvalue weighted by Gasteiger charge is 2.24. The molecule has 0 saturated carbocycles. The quantitative estimate of drug-likeness (QED) is 0.653. The van der Waals surface area contributed by atoms with Crippen LogP contribution in [0, 0.1) is 5.41 Å². The predicted octanol–water partition coefficient (Wildman–Crippen LogP) is 6.12. The molecule has 0 fully saturated rings. The average molecular weight is 369 g/mol. The van der Waals surface area contributed by atoms with Crippen molar-refractivity contribution in [3.8, 4) is 5.75 Å². The monoisotopic (exact) mass is 367 g/mol. The van der Waals surface area contributed by atoms with Crippen molar-refractivity contribution in [2.75, 3.05) is 6.61 Å². The van der Waals surface area contributed by atoms with E-state index in [1.807, 2.05) is 19.1 Å². The van der Waals surface area contributed by atoms with Gasteiger partial charge in [-0.1, -0.05) is 44.0 Å². The maximum atomic E-state index is 6.23. The molecule has 0 aliphatic carbocycles. The maximum absolute atomic E-state index is 6.23. The molecule has 0 saturated heterocycles. The molecule has 0 bridgehead atoms. The average Bonchev–Trinajstić information content (AvgIpc) is 2.28. The number of hydrogen-bond donors (Lipinski definition) is 1. The van der Waals surface area contributed by atoms with Crippen LogP contribution in [0.2, 0.25) is 10.0 Å². The Balaban J connectivity index is 0.00000441. The number of benzene rings is 1. The van der Waals surface area contributed by atoms with E-state index in [4.69, 9.17) is 27.9 Å². The van der Waals surface area contributed by atoms with Crippen LogP contribution in [-0.4, -0.2) is 12.1 Å². The number of hydrogen-bond acceptors (Lipinski definition) is 2. The third kappa shape index (κ3) is 7.41. The van der Waals surface area contributed by atoms with Crippen LogP contribution in [0.3, 0.4) is 0 Å². The fourth-order valence-corrected chi connectivity index (χ4v) is 3.37. The van der Waals surface area contributed by atoms with Gasteiger partial charge in [0.2, 0.25) is 0 Å². The minimum absolute atomic E-state index is 0. The summed E-state index contributed by atoms with van der Waals surface area (Å²) in [6.45, 7) is 14.4. The highest BCUT2D eigenvalue weighted by atomic mass is 35.5. The van der Waals surface area contributed by atoms with E-state index < -0.39 is 0 Å².